The van der Waals surface area contributed by atoms with Gasteiger partial charge < -0.3 is 20.5 Å². The molecule has 3 N–H and O–H groups in total. The molecule has 9 nitrogen and oxygen atoms in total. The van der Waals surface area contributed by atoms with Gasteiger partial charge >= 0.3 is 6.01 Å². The number of piperidine rings is 1. The average Bonchev–Trinajstić information content (AvgIpc) is 3.69. The van der Waals surface area contributed by atoms with E-state index in [-0.39, 0.29) is 47.0 Å². The normalized spacial score (nSPS) is 27.2. The highest BCUT2D eigenvalue weighted by molar-refractivity contribution is 6.02. The Morgan fingerprint density at radius 2 is 2.02 bits per heavy atom. The number of fused-ring (bicyclic) bond motifs is 5. The topological polar surface area (TPSA) is 118 Å². The fraction of sp³-hybridized carbons (Fsp3) is 0.486. The van der Waals surface area contributed by atoms with Crippen LogP contribution in [0.3, 0.4) is 0 Å². The average molecular weight is 647 g/mol. The van der Waals surface area contributed by atoms with Gasteiger partial charge in [0.2, 0.25) is 5.91 Å². The van der Waals surface area contributed by atoms with Crippen LogP contribution in [0.2, 0.25) is 0 Å². The van der Waals surface area contributed by atoms with Crippen LogP contribution in [0.15, 0.2) is 30.5 Å². The van der Waals surface area contributed by atoms with E-state index in [0.717, 1.165) is 25.8 Å². The molecule has 47 heavy (non-hydrogen) atoms. The lowest BCUT2D eigenvalue weighted by Gasteiger charge is -2.39. The number of nitrogens with two attached hydrogens (primary N) is 1. The van der Waals surface area contributed by atoms with Crippen molar-refractivity contribution in [2.45, 2.75) is 63.6 Å². The van der Waals surface area contributed by atoms with Crippen molar-refractivity contribution in [1.82, 2.24) is 19.9 Å². The van der Waals surface area contributed by atoms with Crippen molar-refractivity contribution in [3.63, 3.8) is 0 Å². The molecular formula is C35H37F3N6O3. The molecule has 8 rings (SSSR count). The summed E-state index contributed by atoms with van der Waals surface area (Å²) in [6.45, 7) is 4.04. The van der Waals surface area contributed by atoms with E-state index in [4.69, 9.17) is 15.5 Å². The Labute approximate surface area is 269 Å². The number of aromatic nitrogens is 3. The lowest BCUT2D eigenvalue weighted by molar-refractivity contribution is -0.127. The summed E-state index contributed by atoms with van der Waals surface area (Å²) in [5.41, 5.74) is 5.21. The van der Waals surface area contributed by atoms with Crippen LogP contribution in [-0.4, -0.2) is 75.4 Å². The number of hydrogen-bond donors (Lipinski definition) is 2. The second-order valence-corrected chi connectivity index (χ2v) is 14.0. The second-order valence-electron chi connectivity index (χ2n) is 14.0. The third-order valence-corrected chi connectivity index (χ3v) is 11.1. The van der Waals surface area contributed by atoms with E-state index in [1.54, 1.807) is 6.07 Å². The van der Waals surface area contributed by atoms with Crippen LogP contribution in [0.4, 0.5) is 19.0 Å². The van der Waals surface area contributed by atoms with Crippen LogP contribution in [0, 0.1) is 23.0 Å². The maximum Gasteiger partial charge on any atom is 0.319 e. The van der Waals surface area contributed by atoms with Crippen molar-refractivity contribution in [3.05, 3.63) is 47.7 Å². The number of halogens is 3. The second kappa shape index (κ2) is 10.9. The van der Waals surface area contributed by atoms with Gasteiger partial charge in [-0.2, -0.15) is 9.97 Å². The van der Waals surface area contributed by atoms with Gasteiger partial charge in [-0.3, -0.25) is 14.7 Å². The van der Waals surface area contributed by atoms with Crippen molar-refractivity contribution in [2.24, 2.45) is 17.1 Å². The van der Waals surface area contributed by atoms with Gasteiger partial charge in [-0.05, 0) is 85.5 Å². The number of aryl methyl sites for hydroxylation is 1. The summed E-state index contributed by atoms with van der Waals surface area (Å²) in [7, 11) is 0. The minimum Gasteiger partial charge on any atom is -0.508 e. The van der Waals surface area contributed by atoms with Crippen LogP contribution in [0.5, 0.6) is 11.8 Å². The van der Waals surface area contributed by atoms with E-state index in [0.29, 0.717) is 72.9 Å². The molecule has 4 aliphatic rings. The molecular weight excluding hydrogens is 609 g/mol. The molecule has 3 saturated heterocycles. The number of alkyl halides is 1. The first kappa shape index (κ1) is 30.2. The van der Waals surface area contributed by atoms with Gasteiger partial charge in [-0.25, -0.2) is 13.2 Å². The Hall–Kier alpha value is -4.19. The number of rotatable bonds is 7. The SMILES string of the molecule is CCc1c(F)ccc2cc(O)cc(-c3ncc4c(N5CC6CCC(C(N)=O)(C6)C5)nc(OC[C@@]56CCCN5C[C@H](F)C6)nc4c3F)c12. The van der Waals surface area contributed by atoms with Crippen LogP contribution >= 0.6 is 0 Å². The summed E-state index contributed by atoms with van der Waals surface area (Å²) in [4.78, 5) is 30.6. The minimum absolute atomic E-state index is 0.0532. The van der Waals surface area contributed by atoms with E-state index < -0.39 is 28.8 Å². The number of aromatic hydroxyl groups is 1. The maximum atomic E-state index is 16.9. The van der Waals surface area contributed by atoms with Crippen molar-refractivity contribution in [2.75, 3.05) is 37.7 Å². The summed E-state index contributed by atoms with van der Waals surface area (Å²) in [6.07, 6.45) is 5.19. The molecule has 246 valence electrons. The number of nitrogens with zero attached hydrogens (tertiary/aromatic N) is 5. The number of phenolic OH excluding ortho intramolecular Hbond substituents is 1. The molecule has 5 heterocycles. The number of primary amides is 1. The number of hydrogen-bond acceptors (Lipinski definition) is 8. The molecule has 2 aromatic heterocycles. The molecule has 2 bridgehead atoms. The molecule has 4 fully saturated rings. The van der Waals surface area contributed by atoms with Crippen LogP contribution < -0.4 is 15.4 Å². The highest BCUT2D eigenvalue weighted by atomic mass is 19.1. The third-order valence-electron chi connectivity index (χ3n) is 11.1. The minimum atomic E-state index is -0.943. The van der Waals surface area contributed by atoms with Crippen LogP contribution in [0.25, 0.3) is 32.9 Å². The molecule has 1 aliphatic carbocycles. The number of ether oxygens (including phenoxy) is 1. The molecule has 3 aliphatic heterocycles. The zero-order valence-electron chi connectivity index (χ0n) is 26.2. The molecule has 4 atom stereocenters. The van der Waals surface area contributed by atoms with Gasteiger partial charge in [0.25, 0.3) is 0 Å². The summed E-state index contributed by atoms with van der Waals surface area (Å²) in [6, 6.07) is 5.73. The predicted molar refractivity (Wildman–Crippen MR) is 171 cm³/mol. The Morgan fingerprint density at radius 1 is 1.17 bits per heavy atom. The monoisotopic (exact) mass is 646 g/mol. The highest BCUT2D eigenvalue weighted by Crippen LogP contribution is 2.48. The predicted octanol–water partition coefficient (Wildman–Crippen LogP) is 5.44. The number of anilines is 1. The maximum absolute atomic E-state index is 16.9. The van der Waals surface area contributed by atoms with Gasteiger partial charge in [0, 0.05) is 37.8 Å². The Bertz CT molecular complexity index is 1940. The quantitative estimate of drug-likeness (QED) is 0.273. The smallest absolute Gasteiger partial charge is 0.319 e. The largest absolute Gasteiger partial charge is 0.508 e. The van der Waals surface area contributed by atoms with Gasteiger partial charge in [-0.15, -0.1) is 0 Å². The summed E-state index contributed by atoms with van der Waals surface area (Å²) >= 11 is 0. The number of amides is 1. The van der Waals surface area contributed by atoms with Crippen molar-refractivity contribution >= 4 is 33.4 Å². The van der Waals surface area contributed by atoms with Gasteiger partial charge in [0.1, 0.15) is 41.4 Å². The Balaban J connectivity index is 1.28. The third kappa shape index (κ3) is 4.77. The van der Waals surface area contributed by atoms with Gasteiger partial charge in [0.05, 0.1) is 16.3 Å². The fourth-order valence-electron chi connectivity index (χ4n) is 8.94. The van der Waals surface area contributed by atoms with E-state index in [1.165, 1.54) is 24.4 Å². The standard InChI is InChI=1S/C35H37F3N6O3/c1-2-23-26(37)5-4-20-10-22(45)11-24(27(20)23)29-28(38)30-25(14-40-29)31(43-15-19-6-8-34(12-19,17-43)32(39)46)42-33(41-30)47-18-35-7-3-9-44(35)16-21(36)13-35/h4-5,10-11,14,19,21,45H,2-3,6-9,12-13,15-18H2,1H3,(H2,39,46)/t19?,21-,34?,35+/m1/s1. The van der Waals surface area contributed by atoms with Crippen molar-refractivity contribution in [1.29, 1.82) is 0 Å². The zero-order valence-corrected chi connectivity index (χ0v) is 26.2. The molecule has 0 radical (unpaired) electrons. The number of pyridine rings is 1. The van der Waals surface area contributed by atoms with Gasteiger partial charge in [-0.1, -0.05) is 13.0 Å². The lowest BCUT2D eigenvalue weighted by Crippen LogP contribution is -2.49. The Kier molecular flexibility index (Phi) is 7.02. The number of carbonyl (C=O) groups is 1. The van der Waals surface area contributed by atoms with E-state index in [2.05, 4.69) is 14.9 Å². The van der Waals surface area contributed by atoms with E-state index in [9.17, 15) is 18.7 Å². The zero-order chi connectivity index (χ0) is 32.7. The molecule has 4 aromatic rings. The first-order valence-corrected chi connectivity index (χ1v) is 16.5. The number of phenols is 1. The lowest BCUT2D eigenvalue weighted by atomic mass is 9.81. The molecule has 12 heteroatoms. The van der Waals surface area contributed by atoms with E-state index >= 15 is 4.39 Å². The number of benzene rings is 2. The van der Waals surface area contributed by atoms with Crippen LogP contribution in [0.1, 0.15) is 51.0 Å². The van der Waals surface area contributed by atoms with Crippen molar-refractivity contribution in [3.8, 4) is 23.0 Å². The molecule has 0 spiro atoms. The summed E-state index contributed by atoms with van der Waals surface area (Å²) < 4.78 is 52.7. The summed E-state index contributed by atoms with van der Waals surface area (Å²) in [5, 5.41) is 11.9. The van der Waals surface area contributed by atoms with Crippen molar-refractivity contribution < 1.29 is 27.8 Å². The molecule has 2 unspecified atom stereocenters. The number of carbonyl (C=O) groups excluding carboxylic acids is 1. The first-order valence-electron chi connectivity index (χ1n) is 16.5. The molecule has 2 aromatic carbocycles. The first-order chi connectivity index (χ1) is 22.6. The van der Waals surface area contributed by atoms with Gasteiger partial charge in [0.15, 0.2) is 5.82 Å². The molecule has 1 amide bonds. The highest BCUT2D eigenvalue weighted by Gasteiger charge is 2.51. The van der Waals surface area contributed by atoms with Crippen LogP contribution in [-0.2, 0) is 11.2 Å². The Morgan fingerprint density at radius 3 is 2.83 bits per heavy atom. The fourth-order valence-corrected chi connectivity index (χ4v) is 8.94. The van der Waals surface area contributed by atoms with E-state index in [1.807, 2.05) is 11.8 Å². The summed E-state index contributed by atoms with van der Waals surface area (Å²) in [5.74, 6) is -1.07. The molecule has 1 saturated carbocycles.